The van der Waals surface area contributed by atoms with E-state index in [1.807, 2.05) is 13.0 Å². The van der Waals surface area contributed by atoms with Crippen LogP contribution in [0.15, 0.2) is 48.8 Å². The van der Waals surface area contributed by atoms with Gasteiger partial charge >= 0.3 is 5.97 Å². The Morgan fingerprint density at radius 1 is 1.04 bits per heavy atom. The van der Waals surface area contributed by atoms with E-state index in [0.717, 1.165) is 5.56 Å². The molecule has 0 fully saturated rings. The Kier molecular flexibility index (Phi) is 5.30. The van der Waals surface area contributed by atoms with Crippen molar-refractivity contribution in [2.24, 2.45) is 0 Å². The van der Waals surface area contributed by atoms with E-state index in [-0.39, 0.29) is 0 Å². The molecule has 0 spiro atoms. The van der Waals surface area contributed by atoms with Crippen LogP contribution in [0.5, 0.6) is 5.75 Å². The van der Waals surface area contributed by atoms with Gasteiger partial charge in [0.25, 0.3) is 5.91 Å². The first kappa shape index (κ1) is 18.3. The average Bonchev–Trinajstić information content (AvgIpc) is 2.67. The molecule has 1 heterocycles. The van der Waals surface area contributed by atoms with Crippen LogP contribution in [0.3, 0.4) is 0 Å². The van der Waals surface area contributed by atoms with Crippen molar-refractivity contribution in [3.05, 3.63) is 59.9 Å². The number of esters is 1. The maximum Gasteiger partial charge on any atom is 0.338 e. The molecule has 3 rings (SSSR count). The van der Waals surface area contributed by atoms with E-state index in [2.05, 4.69) is 15.3 Å². The number of aryl methyl sites for hydroxylation is 1. The van der Waals surface area contributed by atoms with Crippen molar-refractivity contribution in [1.29, 1.82) is 0 Å². The monoisotopic (exact) mass is 365 g/mol. The molecule has 0 saturated carbocycles. The lowest BCUT2D eigenvalue weighted by Gasteiger charge is -2.15. The normalized spacial score (nSPS) is 11.7. The van der Waals surface area contributed by atoms with Crippen LogP contribution in [0.25, 0.3) is 11.0 Å². The van der Waals surface area contributed by atoms with Gasteiger partial charge in [0, 0.05) is 12.4 Å². The molecule has 0 radical (unpaired) electrons. The highest BCUT2D eigenvalue weighted by Gasteiger charge is 2.20. The van der Waals surface area contributed by atoms with Crippen molar-refractivity contribution < 1.29 is 19.1 Å². The summed E-state index contributed by atoms with van der Waals surface area (Å²) >= 11 is 0. The number of hydrogen-bond donors (Lipinski definition) is 1. The number of nitrogens with one attached hydrogen (secondary N) is 1. The lowest BCUT2D eigenvalue weighted by molar-refractivity contribution is -0.123. The number of benzene rings is 2. The highest BCUT2D eigenvalue weighted by molar-refractivity contribution is 5.99. The third-order valence-corrected chi connectivity index (χ3v) is 3.97. The smallest absolute Gasteiger partial charge is 0.338 e. The minimum atomic E-state index is -0.986. The summed E-state index contributed by atoms with van der Waals surface area (Å²) in [5, 5.41) is 2.72. The second-order valence-electron chi connectivity index (χ2n) is 6.00. The van der Waals surface area contributed by atoms with Crippen molar-refractivity contribution in [1.82, 2.24) is 9.97 Å². The second-order valence-corrected chi connectivity index (χ2v) is 6.00. The standard InChI is InChI=1S/C20H19N3O4/c1-12-4-7-18(26-3)17(10-12)23-19(24)13(2)27-20(25)14-5-6-15-16(11-14)22-9-8-21-15/h4-11,13H,1-3H3,(H,23,24)/t13-/m1/s1. The predicted octanol–water partition coefficient (Wildman–Crippen LogP) is 3.13. The molecule has 3 aromatic rings. The van der Waals surface area contributed by atoms with Gasteiger partial charge in [0.1, 0.15) is 5.75 Å². The molecule has 0 unspecified atom stereocenters. The molecule has 27 heavy (non-hydrogen) atoms. The summed E-state index contributed by atoms with van der Waals surface area (Å²) < 4.78 is 10.5. The minimum absolute atomic E-state index is 0.302. The van der Waals surface area contributed by atoms with Crippen LogP contribution in [0.2, 0.25) is 0 Å². The Morgan fingerprint density at radius 2 is 1.78 bits per heavy atom. The van der Waals surface area contributed by atoms with Crippen molar-refractivity contribution in [3.63, 3.8) is 0 Å². The minimum Gasteiger partial charge on any atom is -0.495 e. The number of aromatic nitrogens is 2. The fourth-order valence-corrected chi connectivity index (χ4v) is 2.53. The van der Waals surface area contributed by atoms with E-state index in [4.69, 9.17) is 9.47 Å². The molecule has 7 nitrogen and oxygen atoms in total. The number of hydrogen-bond acceptors (Lipinski definition) is 6. The van der Waals surface area contributed by atoms with Gasteiger partial charge in [-0.15, -0.1) is 0 Å². The van der Waals surface area contributed by atoms with Crippen LogP contribution in [0.1, 0.15) is 22.8 Å². The third kappa shape index (κ3) is 4.20. The summed E-state index contributed by atoms with van der Waals surface area (Å²) in [4.78, 5) is 33.1. The zero-order chi connectivity index (χ0) is 19.4. The van der Waals surface area contributed by atoms with Gasteiger partial charge in [-0.25, -0.2) is 4.79 Å². The van der Waals surface area contributed by atoms with E-state index >= 15 is 0 Å². The molecule has 0 saturated heterocycles. The summed E-state index contributed by atoms with van der Waals surface area (Å²) in [7, 11) is 1.52. The van der Waals surface area contributed by atoms with Crippen molar-refractivity contribution in [3.8, 4) is 5.75 Å². The molecule has 1 atom stereocenters. The van der Waals surface area contributed by atoms with Gasteiger partial charge in [-0.3, -0.25) is 14.8 Å². The molecule has 0 aliphatic carbocycles. The highest BCUT2D eigenvalue weighted by Crippen LogP contribution is 2.25. The summed E-state index contributed by atoms with van der Waals surface area (Å²) in [6.45, 7) is 3.41. The van der Waals surface area contributed by atoms with Gasteiger partial charge in [0.05, 0.1) is 29.4 Å². The Labute approximate surface area is 156 Å². The lowest BCUT2D eigenvalue weighted by Crippen LogP contribution is -2.30. The van der Waals surface area contributed by atoms with Crippen LogP contribution >= 0.6 is 0 Å². The van der Waals surface area contributed by atoms with E-state index in [0.29, 0.717) is 28.0 Å². The fraction of sp³-hybridized carbons (Fsp3) is 0.200. The summed E-state index contributed by atoms with van der Waals surface area (Å²) in [6, 6.07) is 10.3. The zero-order valence-electron chi connectivity index (χ0n) is 15.2. The number of carbonyl (C=O) groups is 2. The Bertz CT molecular complexity index is 1000. The number of methoxy groups -OCH3 is 1. The average molecular weight is 365 g/mol. The third-order valence-electron chi connectivity index (χ3n) is 3.97. The van der Waals surface area contributed by atoms with E-state index < -0.39 is 18.0 Å². The largest absolute Gasteiger partial charge is 0.495 e. The van der Waals surface area contributed by atoms with Crippen molar-refractivity contribution in [2.75, 3.05) is 12.4 Å². The molecule has 1 N–H and O–H groups in total. The van der Waals surface area contributed by atoms with Crippen molar-refractivity contribution >= 4 is 28.6 Å². The lowest BCUT2D eigenvalue weighted by atomic mass is 10.2. The number of amides is 1. The van der Waals surface area contributed by atoms with E-state index in [9.17, 15) is 9.59 Å². The Balaban J connectivity index is 1.70. The summed E-state index contributed by atoms with van der Waals surface area (Å²) in [6.07, 6.45) is 2.13. The number of anilines is 1. The van der Waals surface area contributed by atoms with Crippen LogP contribution in [-0.4, -0.2) is 35.1 Å². The van der Waals surface area contributed by atoms with Gasteiger partial charge in [0.15, 0.2) is 6.10 Å². The summed E-state index contributed by atoms with van der Waals surface area (Å²) in [5.74, 6) is -0.533. The number of carbonyl (C=O) groups excluding carboxylic acids is 2. The summed E-state index contributed by atoms with van der Waals surface area (Å²) in [5.41, 5.74) is 3.04. The van der Waals surface area contributed by atoms with E-state index in [1.54, 1.807) is 42.7 Å². The Morgan fingerprint density at radius 3 is 2.52 bits per heavy atom. The van der Waals surface area contributed by atoms with Gasteiger partial charge in [-0.05, 0) is 49.7 Å². The molecule has 1 amide bonds. The first-order chi connectivity index (χ1) is 13.0. The molecule has 7 heteroatoms. The molecule has 138 valence electrons. The molecule has 1 aromatic heterocycles. The van der Waals surface area contributed by atoms with Crippen LogP contribution in [0, 0.1) is 6.92 Å². The van der Waals surface area contributed by atoms with Gasteiger partial charge < -0.3 is 14.8 Å². The topological polar surface area (TPSA) is 90.4 Å². The van der Waals surface area contributed by atoms with Gasteiger partial charge in [0.2, 0.25) is 0 Å². The van der Waals surface area contributed by atoms with Crippen LogP contribution in [0.4, 0.5) is 5.69 Å². The van der Waals surface area contributed by atoms with Crippen LogP contribution < -0.4 is 10.1 Å². The maximum atomic E-state index is 12.4. The molecular weight excluding hydrogens is 346 g/mol. The number of ether oxygens (including phenoxy) is 2. The maximum absolute atomic E-state index is 12.4. The quantitative estimate of drug-likeness (QED) is 0.699. The predicted molar refractivity (Wildman–Crippen MR) is 101 cm³/mol. The number of nitrogens with zero attached hydrogens (tertiary/aromatic N) is 2. The second kappa shape index (κ2) is 7.82. The zero-order valence-corrected chi connectivity index (χ0v) is 15.2. The van der Waals surface area contributed by atoms with Crippen molar-refractivity contribution in [2.45, 2.75) is 20.0 Å². The molecule has 0 bridgehead atoms. The highest BCUT2D eigenvalue weighted by atomic mass is 16.5. The number of rotatable bonds is 5. The number of fused-ring (bicyclic) bond motifs is 1. The van der Waals surface area contributed by atoms with Gasteiger partial charge in [-0.2, -0.15) is 0 Å². The molecular formula is C20H19N3O4. The first-order valence-electron chi connectivity index (χ1n) is 8.35. The molecule has 2 aromatic carbocycles. The Hall–Kier alpha value is -3.48. The van der Waals surface area contributed by atoms with Gasteiger partial charge in [-0.1, -0.05) is 6.07 Å². The SMILES string of the molecule is COc1ccc(C)cc1NC(=O)[C@@H](C)OC(=O)c1ccc2nccnc2c1. The first-order valence-corrected chi connectivity index (χ1v) is 8.35. The van der Waals surface area contributed by atoms with Crippen LogP contribution in [-0.2, 0) is 9.53 Å². The molecule has 0 aliphatic heterocycles. The molecule has 0 aliphatic rings. The fourth-order valence-electron chi connectivity index (χ4n) is 2.53. The van der Waals surface area contributed by atoms with E-state index in [1.165, 1.54) is 14.0 Å².